The molecule has 0 spiro atoms. The Balaban J connectivity index is 0. The van der Waals surface area contributed by atoms with E-state index in [0.29, 0.717) is 6.54 Å². The van der Waals surface area contributed by atoms with E-state index in [1.807, 2.05) is 43.3 Å². The van der Waals surface area contributed by atoms with Gasteiger partial charge < -0.3 is 10.3 Å². The first-order chi connectivity index (χ1) is 13.1. The fraction of sp³-hybridized carbons (Fsp3) is 0.409. The van der Waals surface area contributed by atoms with Crippen molar-refractivity contribution in [3.63, 3.8) is 0 Å². The molecule has 6 nitrogen and oxygen atoms in total. The van der Waals surface area contributed by atoms with E-state index >= 15 is 0 Å². The molecule has 0 atom stereocenters. The summed E-state index contributed by atoms with van der Waals surface area (Å²) in [5.41, 5.74) is 5.47. The zero-order valence-electron chi connectivity index (χ0n) is 18.4. The van der Waals surface area contributed by atoms with Gasteiger partial charge in [-0.3, -0.25) is 15.3 Å². The van der Waals surface area contributed by atoms with E-state index < -0.39 is 5.60 Å². The van der Waals surface area contributed by atoms with E-state index in [1.165, 1.54) is 17.7 Å². The van der Waals surface area contributed by atoms with Crippen LogP contribution in [0.4, 0.5) is 0 Å². The second-order valence-corrected chi connectivity index (χ2v) is 7.24. The Morgan fingerprint density at radius 1 is 1.07 bits per heavy atom. The monoisotopic (exact) mass is 478 g/mol. The fourth-order valence-corrected chi connectivity index (χ4v) is 2.06. The van der Waals surface area contributed by atoms with Crippen LogP contribution in [0.1, 0.15) is 44.0 Å². The van der Waals surface area contributed by atoms with Crippen LogP contribution in [0.25, 0.3) is 5.70 Å². The van der Waals surface area contributed by atoms with Crippen molar-refractivity contribution in [2.24, 2.45) is 0 Å². The number of pyridine rings is 1. The predicted octanol–water partition coefficient (Wildman–Crippen LogP) is 4.19. The van der Waals surface area contributed by atoms with Crippen LogP contribution in [-0.2, 0) is 32.7 Å². The summed E-state index contributed by atoms with van der Waals surface area (Å²) in [4.78, 5) is 4.11. The van der Waals surface area contributed by atoms with Crippen LogP contribution in [0, 0.1) is 13.8 Å². The molecule has 2 aromatic rings. The number of hydrogen-bond donors (Lipinski definition) is 4. The van der Waals surface area contributed by atoms with Crippen LogP contribution in [0.2, 0.25) is 0 Å². The van der Waals surface area contributed by atoms with Crippen LogP contribution in [0.5, 0.6) is 0 Å². The maximum Gasteiger partial charge on any atom is 0.0668 e. The Bertz CT molecular complexity index is 683. The van der Waals surface area contributed by atoms with E-state index in [1.54, 1.807) is 32.4 Å². The second-order valence-electron chi connectivity index (χ2n) is 7.24. The van der Waals surface area contributed by atoms with Gasteiger partial charge >= 0.3 is 0 Å². The van der Waals surface area contributed by atoms with Gasteiger partial charge in [-0.15, -0.1) is 0 Å². The van der Waals surface area contributed by atoms with Crippen molar-refractivity contribution < 1.29 is 48.2 Å². The molecule has 159 valence electrons. The van der Waals surface area contributed by atoms with Crippen molar-refractivity contribution in [2.45, 2.75) is 46.6 Å². The van der Waals surface area contributed by atoms with Crippen molar-refractivity contribution in [3.05, 3.63) is 71.6 Å². The SMILES string of the molecule is CC(C)(C)O.CNO.Cc1cc(C2=CCCN2O)ccn1.Cc1ccccc1.[Y]. The van der Waals surface area contributed by atoms with Crippen LogP contribution in [0.15, 0.2) is 54.7 Å². The summed E-state index contributed by atoms with van der Waals surface area (Å²) in [5.74, 6) is 0. The Morgan fingerprint density at radius 2 is 1.59 bits per heavy atom. The molecule has 1 radical (unpaired) electrons. The molecule has 0 bridgehead atoms. The number of rotatable bonds is 1. The van der Waals surface area contributed by atoms with Gasteiger partial charge in [0, 0.05) is 63.8 Å². The number of aromatic nitrogens is 1. The van der Waals surface area contributed by atoms with Gasteiger partial charge in [-0.25, -0.2) is 5.48 Å². The Labute approximate surface area is 200 Å². The van der Waals surface area contributed by atoms with Crippen molar-refractivity contribution in [2.75, 3.05) is 13.6 Å². The molecule has 29 heavy (non-hydrogen) atoms. The van der Waals surface area contributed by atoms with E-state index in [9.17, 15) is 5.21 Å². The van der Waals surface area contributed by atoms with E-state index in [2.05, 4.69) is 24.0 Å². The first-order valence-electron chi connectivity index (χ1n) is 9.23. The standard InChI is InChI=1S/C10H12N2O.C7H8.C4H10O.CH5NO.Y/c1-8-7-9(4-5-11-8)10-3-2-6-12(10)13;1-7-5-3-2-4-6-7;1-4(2,3)5;1-2-3;/h3-5,7,13H,2,6H2,1H3;2-6H,1H3;5H,1-3H3;2-3H,1H3;. The molecule has 1 aliphatic rings. The minimum absolute atomic E-state index is 0. The molecule has 0 fully saturated rings. The summed E-state index contributed by atoms with van der Waals surface area (Å²) in [6.07, 6.45) is 4.71. The maximum absolute atomic E-state index is 9.48. The van der Waals surface area contributed by atoms with E-state index in [-0.39, 0.29) is 32.7 Å². The maximum atomic E-state index is 9.48. The van der Waals surface area contributed by atoms with Gasteiger partial charge in [0.25, 0.3) is 0 Å². The van der Waals surface area contributed by atoms with Gasteiger partial charge in [-0.1, -0.05) is 42.0 Å². The van der Waals surface area contributed by atoms with Crippen LogP contribution in [-0.4, -0.2) is 44.8 Å². The molecule has 1 aliphatic heterocycles. The van der Waals surface area contributed by atoms with Crippen LogP contribution in [0.3, 0.4) is 0 Å². The van der Waals surface area contributed by atoms with Crippen LogP contribution >= 0.6 is 0 Å². The summed E-state index contributed by atoms with van der Waals surface area (Å²) in [6, 6.07) is 14.1. The number of aryl methyl sites for hydroxylation is 2. The molecule has 1 aromatic carbocycles. The van der Waals surface area contributed by atoms with Gasteiger partial charge in [0.05, 0.1) is 11.3 Å². The smallest absolute Gasteiger partial charge is 0.0668 e. The van der Waals surface area contributed by atoms with Crippen LogP contribution < -0.4 is 5.48 Å². The van der Waals surface area contributed by atoms with Crippen molar-refractivity contribution in [3.8, 4) is 0 Å². The van der Waals surface area contributed by atoms with Gasteiger partial charge in [0.2, 0.25) is 0 Å². The molecule has 1 aromatic heterocycles. The normalized spacial score (nSPS) is 12.0. The molecular formula is C22H35N3O3Y. The predicted molar refractivity (Wildman–Crippen MR) is 114 cm³/mol. The van der Waals surface area contributed by atoms with Gasteiger partial charge in [-0.05, 0) is 53.2 Å². The Morgan fingerprint density at radius 3 is 1.93 bits per heavy atom. The Kier molecular flexibility index (Phi) is 17.2. The quantitative estimate of drug-likeness (QED) is 0.460. The average molecular weight is 478 g/mol. The number of nitrogens with one attached hydrogen (secondary N) is 1. The zero-order valence-corrected chi connectivity index (χ0v) is 21.3. The fourth-order valence-electron chi connectivity index (χ4n) is 2.06. The second kappa shape index (κ2) is 16.6. The molecule has 3 rings (SSSR count). The first kappa shape index (κ1) is 30.1. The number of nitrogens with zero attached hydrogens (tertiary/aromatic N) is 2. The summed E-state index contributed by atoms with van der Waals surface area (Å²) >= 11 is 0. The number of benzene rings is 1. The molecule has 0 amide bonds. The van der Waals surface area contributed by atoms with Gasteiger partial charge in [0.1, 0.15) is 0 Å². The summed E-state index contributed by atoms with van der Waals surface area (Å²) in [6.45, 7) is 9.95. The third-order valence-corrected chi connectivity index (χ3v) is 3.09. The number of aliphatic hydroxyl groups is 1. The molecular weight excluding hydrogens is 443 g/mol. The topological polar surface area (TPSA) is 88.8 Å². The zero-order chi connectivity index (χ0) is 21.6. The van der Waals surface area contributed by atoms with Crippen molar-refractivity contribution in [1.29, 1.82) is 0 Å². The molecule has 4 N–H and O–H groups in total. The number of hydroxylamine groups is 3. The minimum Gasteiger partial charge on any atom is -0.391 e. The van der Waals surface area contributed by atoms with E-state index in [0.717, 1.165) is 23.4 Å². The molecule has 0 saturated heterocycles. The summed E-state index contributed by atoms with van der Waals surface area (Å²) in [7, 11) is 1.43. The molecule has 2 heterocycles. The van der Waals surface area contributed by atoms with Gasteiger partial charge in [-0.2, -0.15) is 0 Å². The van der Waals surface area contributed by atoms with Gasteiger partial charge in [0.15, 0.2) is 0 Å². The third kappa shape index (κ3) is 17.4. The van der Waals surface area contributed by atoms with Crippen molar-refractivity contribution in [1.82, 2.24) is 15.5 Å². The average Bonchev–Trinajstić information content (AvgIpc) is 3.01. The number of hydrogen-bond acceptors (Lipinski definition) is 6. The summed E-state index contributed by atoms with van der Waals surface area (Å²) < 4.78 is 0. The summed E-state index contributed by atoms with van der Waals surface area (Å²) in [5, 5.41) is 26.6. The van der Waals surface area contributed by atoms with Crippen molar-refractivity contribution >= 4 is 5.70 Å². The molecule has 0 saturated carbocycles. The first-order valence-corrected chi connectivity index (χ1v) is 9.23. The van der Waals surface area contributed by atoms with E-state index in [4.69, 9.17) is 10.3 Å². The minimum atomic E-state index is -0.500. The Hall–Kier alpha value is -1.15. The third-order valence-electron chi connectivity index (χ3n) is 3.09. The largest absolute Gasteiger partial charge is 0.391 e. The molecule has 0 unspecified atom stereocenters. The molecule has 7 heteroatoms. The molecule has 0 aliphatic carbocycles.